The van der Waals surface area contributed by atoms with E-state index in [1.807, 2.05) is 49.4 Å². The molecule has 3 aromatic carbocycles. The van der Waals surface area contributed by atoms with Crippen LogP contribution in [0.3, 0.4) is 0 Å². The first kappa shape index (κ1) is 12.7. The van der Waals surface area contributed by atoms with Gasteiger partial charge in [-0.3, -0.25) is 0 Å². The standard InChI is InChI=1S/C20H13NO/c1-13-19(16-7-4-5-14(11-16)12-21)20-17-8-3-2-6-15(17)9-10-18(20)22-13/h2-11H,1H3. The number of furan rings is 1. The Morgan fingerprint density at radius 3 is 2.68 bits per heavy atom. The Morgan fingerprint density at radius 1 is 0.955 bits per heavy atom. The van der Waals surface area contributed by atoms with Gasteiger partial charge in [0, 0.05) is 10.9 Å². The Morgan fingerprint density at radius 2 is 1.82 bits per heavy atom. The second kappa shape index (κ2) is 4.75. The fourth-order valence-corrected chi connectivity index (χ4v) is 3.08. The van der Waals surface area contributed by atoms with Crippen LogP contribution in [0.4, 0.5) is 0 Å². The van der Waals surface area contributed by atoms with Crippen molar-refractivity contribution in [3.8, 4) is 17.2 Å². The summed E-state index contributed by atoms with van der Waals surface area (Å²) in [5.74, 6) is 0.876. The first-order valence-corrected chi connectivity index (χ1v) is 7.19. The van der Waals surface area contributed by atoms with Gasteiger partial charge >= 0.3 is 0 Å². The topological polar surface area (TPSA) is 36.9 Å². The molecule has 0 radical (unpaired) electrons. The molecule has 0 aliphatic carbocycles. The van der Waals surface area contributed by atoms with Crippen molar-refractivity contribution in [3.05, 3.63) is 72.0 Å². The maximum Gasteiger partial charge on any atom is 0.135 e. The summed E-state index contributed by atoms with van der Waals surface area (Å²) in [6.07, 6.45) is 0. The average molecular weight is 283 g/mol. The molecule has 2 heteroatoms. The van der Waals surface area contributed by atoms with Crippen molar-refractivity contribution in [2.24, 2.45) is 0 Å². The van der Waals surface area contributed by atoms with Crippen LogP contribution >= 0.6 is 0 Å². The summed E-state index contributed by atoms with van der Waals surface area (Å²) in [5, 5.41) is 12.6. The van der Waals surface area contributed by atoms with Crippen LogP contribution in [0.2, 0.25) is 0 Å². The van der Waals surface area contributed by atoms with Crippen molar-refractivity contribution in [2.45, 2.75) is 6.92 Å². The first-order valence-electron chi connectivity index (χ1n) is 7.19. The van der Waals surface area contributed by atoms with E-state index in [-0.39, 0.29) is 0 Å². The third-order valence-electron chi connectivity index (χ3n) is 4.04. The van der Waals surface area contributed by atoms with Gasteiger partial charge in [-0.15, -0.1) is 0 Å². The molecule has 0 spiro atoms. The lowest BCUT2D eigenvalue weighted by atomic mass is 9.97. The van der Waals surface area contributed by atoms with Gasteiger partial charge in [-0.05, 0) is 41.5 Å². The minimum absolute atomic E-state index is 0.659. The lowest BCUT2D eigenvalue weighted by molar-refractivity contribution is 0.580. The highest BCUT2D eigenvalue weighted by atomic mass is 16.3. The molecule has 0 aliphatic heterocycles. The van der Waals surface area contributed by atoms with Crippen LogP contribution in [0.15, 0.2) is 65.1 Å². The molecular weight excluding hydrogens is 270 g/mol. The highest BCUT2D eigenvalue weighted by Gasteiger charge is 2.15. The first-order chi connectivity index (χ1) is 10.8. The van der Waals surface area contributed by atoms with Gasteiger partial charge in [0.05, 0.1) is 11.6 Å². The summed E-state index contributed by atoms with van der Waals surface area (Å²) >= 11 is 0. The molecular formula is C20H13NO. The van der Waals surface area contributed by atoms with Crippen LogP contribution in [0.5, 0.6) is 0 Å². The van der Waals surface area contributed by atoms with E-state index in [0.717, 1.165) is 27.9 Å². The number of benzene rings is 3. The SMILES string of the molecule is Cc1oc2ccc3ccccc3c2c1-c1cccc(C#N)c1. The third-order valence-corrected chi connectivity index (χ3v) is 4.04. The second-order valence-corrected chi connectivity index (χ2v) is 5.39. The molecule has 0 saturated heterocycles. The van der Waals surface area contributed by atoms with E-state index in [4.69, 9.17) is 9.68 Å². The van der Waals surface area contributed by atoms with Gasteiger partial charge in [0.2, 0.25) is 0 Å². The summed E-state index contributed by atoms with van der Waals surface area (Å²) in [7, 11) is 0. The minimum Gasteiger partial charge on any atom is -0.461 e. The summed E-state index contributed by atoms with van der Waals surface area (Å²) in [4.78, 5) is 0. The normalized spacial score (nSPS) is 10.9. The van der Waals surface area contributed by atoms with Crippen molar-refractivity contribution in [1.82, 2.24) is 0 Å². The predicted molar refractivity (Wildman–Crippen MR) is 88.6 cm³/mol. The number of nitrogens with zero attached hydrogens (tertiary/aromatic N) is 1. The predicted octanol–water partition coefficient (Wildman–Crippen LogP) is 5.43. The lowest BCUT2D eigenvalue weighted by Crippen LogP contribution is -1.82. The Kier molecular flexibility index (Phi) is 2.74. The van der Waals surface area contributed by atoms with E-state index in [2.05, 4.69) is 24.3 Å². The van der Waals surface area contributed by atoms with Crippen molar-refractivity contribution in [2.75, 3.05) is 0 Å². The molecule has 22 heavy (non-hydrogen) atoms. The maximum atomic E-state index is 9.14. The molecule has 1 heterocycles. The zero-order valence-corrected chi connectivity index (χ0v) is 12.1. The molecule has 0 amide bonds. The van der Waals surface area contributed by atoms with Crippen LogP contribution in [-0.4, -0.2) is 0 Å². The van der Waals surface area contributed by atoms with E-state index >= 15 is 0 Å². The van der Waals surface area contributed by atoms with Gasteiger partial charge in [-0.25, -0.2) is 0 Å². The third kappa shape index (κ3) is 1.80. The van der Waals surface area contributed by atoms with Crippen LogP contribution in [-0.2, 0) is 0 Å². The Bertz CT molecular complexity index is 1050. The van der Waals surface area contributed by atoms with Crippen molar-refractivity contribution in [1.29, 1.82) is 5.26 Å². The molecule has 0 fully saturated rings. The summed E-state index contributed by atoms with van der Waals surface area (Å²) in [6, 6.07) is 22.3. The Hall–Kier alpha value is -3.05. The zero-order chi connectivity index (χ0) is 15.1. The number of fused-ring (bicyclic) bond motifs is 3. The van der Waals surface area contributed by atoms with Crippen molar-refractivity contribution in [3.63, 3.8) is 0 Å². The molecule has 1 aromatic heterocycles. The number of rotatable bonds is 1. The highest BCUT2D eigenvalue weighted by molar-refractivity contribution is 6.13. The molecule has 0 atom stereocenters. The van der Waals surface area contributed by atoms with E-state index in [9.17, 15) is 0 Å². The highest BCUT2D eigenvalue weighted by Crippen LogP contribution is 2.38. The van der Waals surface area contributed by atoms with Gasteiger partial charge in [-0.2, -0.15) is 5.26 Å². The number of aryl methyl sites for hydroxylation is 1. The smallest absolute Gasteiger partial charge is 0.135 e. The molecule has 0 unspecified atom stereocenters. The van der Waals surface area contributed by atoms with E-state index in [1.54, 1.807) is 0 Å². The Balaban J connectivity index is 2.15. The van der Waals surface area contributed by atoms with Crippen LogP contribution in [0.25, 0.3) is 32.9 Å². The fraction of sp³-hybridized carbons (Fsp3) is 0.0500. The van der Waals surface area contributed by atoms with Crippen LogP contribution in [0, 0.1) is 18.3 Å². The largest absolute Gasteiger partial charge is 0.461 e. The van der Waals surface area contributed by atoms with Crippen LogP contribution in [0.1, 0.15) is 11.3 Å². The van der Waals surface area contributed by atoms with E-state index in [1.165, 1.54) is 10.8 Å². The van der Waals surface area contributed by atoms with Gasteiger partial charge in [0.1, 0.15) is 11.3 Å². The summed E-state index contributed by atoms with van der Waals surface area (Å²) < 4.78 is 5.95. The quantitative estimate of drug-likeness (QED) is 0.467. The van der Waals surface area contributed by atoms with Crippen LogP contribution < -0.4 is 0 Å². The summed E-state index contributed by atoms with van der Waals surface area (Å²) in [6.45, 7) is 1.98. The van der Waals surface area contributed by atoms with Gasteiger partial charge in [0.25, 0.3) is 0 Å². The van der Waals surface area contributed by atoms with Gasteiger partial charge < -0.3 is 4.42 Å². The molecule has 0 bridgehead atoms. The zero-order valence-electron chi connectivity index (χ0n) is 12.1. The minimum atomic E-state index is 0.659. The van der Waals surface area contributed by atoms with E-state index in [0.29, 0.717) is 5.56 Å². The molecule has 4 rings (SSSR count). The molecule has 2 nitrogen and oxygen atoms in total. The number of hydrogen-bond acceptors (Lipinski definition) is 2. The monoisotopic (exact) mass is 283 g/mol. The van der Waals surface area contributed by atoms with Gasteiger partial charge in [0.15, 0.2) is 0 Å². The van der Waals surface area contributed by atoms with E-state index < -0.39 is 0 Å². The molecule has 104 valence electrons. The summed E-state index contributed by atoms with van der Waals surface area (Å²) in [5.41, 5.74) is 3.63. The maximum absolute atomic E-state index is 9.14. The molecule has 0 aliphatic rings. The Labute approximate surface area is 128 Å². The number of nitriles is 1. The van der Waals surface area contributed by atoms with Crippen molar-refractivity contribution >= 4 is 21.7 Å². The lowest BCUT2D eigenvalue weighted by Gasteiger charge is -2.04. The molecule has 4 aromatic rings. The average Bonchev–Trinajstić information content (AvgIpc) is 2.91. The van der Waals surface area contributed by atoms with Crippen molar-refractivity contribution < 1.29 is 4.42 Å². The fourth-order valence-electron chi connectivity index (χ4n) is 3.08. The number of hydrogen-bond donors (Lipinski definition) is 0. The second-order valence-electron chi connectivity index (χ2n) is 5.39. The van der Waals surface area contributed by atoms with Gasteiger partial charge in [-0.1, -0.05) is 42.5 Å². The molecule has 0 saturated carbocycles. The molecule has 0 N–H and O–H groups in total.